The molecule has 0 aliphatic rings. The highest BCUT2D eigenvalue weighted by Crippen LogP contribution is 2.24. The van der Waals surface area contributed by atoms with Gasteiger partial charge in [-0.3, -0.25) is 4.99 Å². The first-order valence-corrected chi connectivity index (χ1v) is 9.05. The molecule has 1 unspecified atom stereocenters. The maximum atomic E-state index is 14.2. The molecular weight excluding hydrogens is 348 g/mol. The molecule has 0 fully saturated rings. The molecule has 0 aliphatic heterocycles. The van der Waals surface area contributed by atoms with Crippen LogP contribution in [0.5, 0.6) is 0 Å². The van der Waals surface area contributed by atoms with Crippen LogP contribution in [-0.2, 0) is 13.6 Å². The molecule has 0 spiro atoms. The van der Waals surface area contributed by atoms with Crippen molar-refractivity contribution in [1.29, 1.82) is 0 Å². The van der Waals surface area contributed by atoms with Crippen LogP contribution in [0.1, 0.15) is 24.2 Å². The van der Waals surface area contributed by atoms with Gasteiger partial charge in [-0.25, -0.2) is 8.78 Å². The van der Waals surface area contributed by atoms with Crippen molar-refractivity contribution < 1.29 is 8.78 Å². The number of aromatic nitrogens is 1. The van der Waals surface area contributed by atoms with Gasteiger partial charge >= 0.3 is 0 Å². The van der Waals surface area contributed by atoms with Crippen LogP contribution in [0.2, 0.25) is 0 Å². The smallest absolute Gasteiger partial charge is 0.194 e. The Balaban J connectivity index is 2.23. The summed E-state index contributed by atoms with van der Waals surface area (Å²) >= 11 is 0. The number of nitrogens with one attached hydrogen (secondary N) is 1. The molecule has 0 aliphatic carbocycles. The Kier molecular flexibility index (Phi) is 7.36. The number of aryl methyl sites for hydroxylation is 1. The minimum Gasteiger partial charge on any atom is -0.357 e. The lowest BCUT2D eigenvalue weighted by atomic mass is 10.0. The Hall–Kier alpha value is -2.41. The average molecular weight is 377 g/mol. The van der Waals surface area contributed by atoms with E-state index < -0.39 is 17.7 Å². The fraction of sp³-hybridized carbons (Fsp3) is 0.450. The van der Waals surface area contributed by atoms with Gasteiger partial charge in [0.25, 0.3) is 0 Å². The Morgan fingerprint density at radius 1 is 1.15 bits per heavy atom. The second kappa shape index (κ2) is 9.50. The number of guanidine groups is 1. The summed E-state index contributed by atoms with van der Waals surface area (Å²) in [6.45, 7) is 3.61. The first kappa shape index (κ1) is 20.9. The summed E-state index contributed by atoms with van der Waals surface area (Å²) in [4.78, 5) is 8.44. The van der Waals surface area contributed by atoms with Crippen molar-refractivity contribution in [3.8, 4) is 0 Å². The maximum absolute atomic E-state index is 14.2. The molecule has 1 aromatic heterocycles. The summed E-state index contributed by atoms with van der Waals surface area (Å²) < 4.78 is 30.5. The second-order valence-corrected chi connectivity index (χ2v) is 6.78. The van der Waals surface area contributed by atoms with Crippen molar-refractivity contribution in [2.75, 3.05) is 34.2 Å². The van der Waals surface area contributed by atoms with E-state index in [2.05, 4.69) is 20.9 Å². The van der Waals surface area contributed by atoms with Crippen LogP contribution in [-0.4, -0.2) is 54.6 Å². The van der Waals surface area contributed by atoms with E-state index in [-0.39, 0.29) is 12.1 Å². The zero-order chi connectivity index (χ0) is 20.0. The van der Waals surface area contributed by atoms with Crippen LogP contribution in [0, 0.1) is 11.6 Å². The molecule has 2 aromatic rings. The number of hydrogen-bond donors (Lipinski definition) is 1. The number of likely N-dealkylation sites (N-methyl/N-ethyl adjacent to an activating group) is 1. The molecule has 2 rings (SSSR count). The molecular formula is C20H29F2N5. The van der Waals surface area contributed by atoms with Crippen molar-refractivity contribution in [2.45, 2.75) is 19.5 Å². The minimum absolute atomic E-state index is 0.0483. The predicted molar refractivity (Wildman–Crippen MR) is 106 cm³/mol. The van der Waals surface area contributed by atoms with E-state index in [0.29, 0.717) is 19.0 Å². The number of hydrogen-bond acceptors (Lipinski definition) is 2. The van der Waals surface area contributed by atoms with Crippen molar-refractivity contribution in [3.05, 3.63) is 59.4 Å². The number of aliphatic imine (C=N–C) groups is 1. The Bertz CT molecular complexity index is 749. The van der Waals surface area contributed by atoms with E-state index in [0.717, 1.165) is 5.69 Å². The van der Waals surface area contributed by atoms with E-state index in [1.165, 1.54) is 18.2 Å². The van der Waals surface area contributed by atoms with E-state index in [9.17, 15) is 8.78 Å². The highest BCUT2D eigenvalue weighted by atomic mass is 19.1. The topological polar surface area (TPSA) is 35.8 Å². The van der Waals surface area contributed by atoms with E-state index in [1.807, 2.05) is 38.2 Å². The normalized spacial score (nSPS) is 13.1. The summed E-state index contributed by atoms with van der Waals surface area (Å²) in [5, 5.41) is 3.25. The predicted octanol–water partition coefficient (Wildman–Crippen LogP) is 3.00. The van der Waals surface area contributed by atoms with Gasteiger partial charge in [0, 0.05) is 38.1 Å². The molecule has 7 heteroatoms. The molecule has 1 N–H and O–H groups in total. The second-order valence-electron chi connectivity index (χ2n) is 6.78. The Labute approximate surface area is 160 Å². The monoisotopic (exact) mass is 377 g/mol. The molecule has 1 heterocycles. The van der Waals surface area contributed by atoms with Crippen molar-refractivity contribution in [1.82, 2.24) is 19.7 Å². The molecule has 148 valence electrons. The van der Waals surface area contributed by atoms with Gasteiger partial charge < -0.3 is 19.7 Å². The van der Waals surface area contributed by atoms with Gasteiger partial charge in [-0.2, -0.15) is 0 Å². The fourth-order valence-corrected chi connectivity index (χ4v) is 2.96. The molecule has 0 bridgehead atoms. The van der Waals surface area contributed by atoms with E-state index in [4.69, 9.17) is 0 Å². The fourth-order valence-electron chi connectivity index (χ4n) is 2.96. The van der Waals surface area contributed by atoms with E-state index >= 15 is 0 Å². The molecule has 5 nitrogen and oxygen atoms in total. The van der Waals surface area contributed by atoms with Gasteiger partial charge in [0.1, 0.15) is 11.6 Å². The molecule has 1 aromatic carbocycles. The zero-order valence-electron chi connectivity index (χ0n) is 16.7. The Morgan fingerprint density at radius 3 is 2.33 bits per heavy atom. The van der Waals surface area contributed by atoms with Crippen molar-refractivity contribution in [3.63, 3.8) is 0 Å². The first-order chi connectivity index (χ1) is 12.8. The van der Waals surface area contributed by atoms with Gasteiger partial charge in [-0.1, -0.05) is 6.07 Å². The van der Waals surface area contributed by atoms with Crippen LogP contribution in [0.4, 0.5) is 8.78 Å². The number of nitrogens with zero attached hydrogens (tertiary/aromatic N) is 4. The quantitative estimate of drug-likeness (QED) is 0.595. The van der Waals surface area contributed by atoms with Gasteiger partial charge in [0.15, 0.2) is 5.96 Å². The highest BCUT2D eigenvalue weighted by molar-refractivity contribution is 5.79. The molecule has 0 saturated carbocycles. The third-order valence-corrected chi connectivity index (χ3v) is 4.52. The molecule has 27 heavy (non-hydrogen) atoms. The SMILES string of the molecule is CCNC(=NCC(c1c(F)cccc1F)N(C)C)N(C)Cc1cccn1C. The molecule has 1 atom stereocenters. The van der Waals surface area contributed by atoms with Crippen LogP contribution in [0.3, 0.4) is 0 Å². The summed E-state index contributed by atoms with van der Waals surface area (Å²) in [5.41, 5.74) is 1.19. The number of halogens is 2. The van der Waals surface area contributed by atoms with Crippen LogP contribution in [0.15, 0.2) is 41.5 Å². The largest absolute Gasteiger partial charge is 0.357 e. The maximum Gasteiger partial charge on any atom is 0.194 e. The average Bonchev–Trinajstić information content (AvgIpc) is 3.00. The third-order valence-electron chi connectivity index (χ3n) is 4.52. The van der Waals surface area contributed by atoms with Crippen LogP contribution < -0.4 is 5.32 Å². The Morgan fingerprint density at radius 2 is 1.81 bits per heavy atom. The molecule has 0 saturated heterocycles. The molecule has 0 radical (unpaired) electrons. The zero-order valence-corrected chi connectivity index (χ0v) is 16.7. The molecule has 0 amide bonds. The van der Waals surface area contributed by atoms with Gasteiger partial charge in [-0.05, 0) is 45.3 Å². The lowest BCUT2D eigenvalue weighted by molar-refractivity contribution is 0.289. The third kappa shape index (κ3) is 5.29. The van der Waals surface area contributed by atoms with Gasteiger partial charge in [0.05, 0.1) is 19.1 Å². The summed E-state index contributed by atoms with van der Waals surface area (Å²) in [5.74, 6) is -0.403. The number of benzene rings is 1. The van der Waals surface area contributed by atoms with Gasteiger partial charge in [0.2, 0.25) is 0 Å². The minimum atomic E-state index is -0.550. The van der Waals surface area contributed by atoms with Crippen molar-refractivity contribution in [2.24, 2.45) is 12.0 Å². The van der Waals surface area contributed by atoms with Crippen molar-refractivity contribution >= 4 is 5.96 Å². The van der Waals surface area contributed by atoms with Crippen LogP contribution in [0.25, 0.3) is 0 Å². The lowest BCUT2D eigenvalue weighted by Gasteiger charge is -2.26. The summed E-state index contributed by atoms with van der Waals surface area (Å²) in [6.07, 6.45) is 2.00. The summed E-state index contributed by atoms with van der Waals surface area (Å²) in [6, 6.07) is 7.50. The first-order valence-electron chi connectivity index (χ1n) is 9.05. The standard InChI is InChI=1S/C20H29F2N5/c1-6-23-20(27(5)14-15-9-8-12-26(15)4)24-13-18(25(2)3)19-16(21)10-7-11-17(19)22/h7-12,18H,6,13-14H2,1-5H3,(H,23,24). The van der Waals surface area contributed by atoms with E-state index in [1.54, 1.807) is 19.0 Å². The number of rotatable bonds is 7. The van der Waals surface area contributed by atoms with Crippen LogP contribution >= 0.6 is 0 Å². The summed E-state index contributed by atoms with van der Waals surface area (Å²) in [7, 11) is 7.54. The highest BCUT2D eigenvalue weighted by Gasteiger charge is 2.22. The van der Waals surface area contributed by atoms with Gasteiger partial charge in [-0.15, -0.1) is 0 Å². The lowest BCUT2D eigenvalue weighted by Crippen LogP contribution is -2.39.